The zero-order valence-electron chi connectivity index (χ0n) is 14.8. The molecule has 2 aromatic rings. The van der Waals surface area contributed by atoms with Gasteiger partial charge in [-0.2, -0.15) is 9.40 Å². The molecule has 1 saturated heterocycles. The summed E-state index contributed by atoms with van der Waals surface area (Å²) in [6, 6.07) is 5.87. The van der Waals surface area contributed by atoms with Gasteiger partial charge in [0.2, 0.25) is 10.0 Å². The summed E-state index contributed by atoms with van der Waals surface area (Å²) in [7, 11) is -3.20. The minimum atomic E-state index is -3.20. The molecule has 0 spiro atoms. The van der Waals surface area contributed by atoms with Crippen molar-refractivity contribution in [3.63, 3.8) is 0 Å². The van der Waals surface area contributed by atoms with Crippen LogP contribution in [-0.4, -0.2) is 65.4 Å². The van der Waals surface area contributed by atoms with E-state index in [1.807, 2.05) is 0 Å². The van der Waals surface area contributed by atoms with Gasteiger partial charge in [0, 0.05) is 31.6 Å². The first-order chi connectivity index (χ1) is 12.8. The number of hydrogen-bond donors (Lipinski definition) is 1. The lowest BCUT2D eigenvalue weighted by molar-refractivity contribution is 0.168. The Labute approximate surface area is 156 Å². The van der Waals surface area contributed by atoms with Crippen molar-refractivity contribution < 1.29 is 17.6 Å². The van der Waals surface area contributed by atoms with E-state index >= 15 is 0 Å². The van der Waals surface area contributed by atoms with E-state index < -0.39 is 10.0 Å². The number of hydrogen-bond acceptors (Lipinski definition) is 4. The Morgan fingerprint density at radius 3 is 2.81 bits per heavy atom. The molecule has 2 aliphatic heterocycles. The number of rotatable bonds is 3. The molecule has 10 heteroatoms. The summed E-state index contributed by atoms with van der Waals surface area (Å²) in [4.78, 5) is 14.1. The summed E-state index contributed by atoms with van der Waals surface area (Å²) in [5.41, 5.74) is 2.55. The first-order valence-electron chi connectivity index (χ1n) is 8.63. The van der Waals surface area contributed by atoms with Gasteiger partial charge in [-0.25, -0.2) is 22.3 Å². The van der Waals surface area contributed by atoms with Gasteiger partial charge in [-0.3, -0.25) is 0 Å². The predicted molar refractivity (Wildman–Crippen MR) is 96.4 cm³/mol. The maximum Gasteiger partial charge on any atom is 0.318 e. The summed E-state index contributed by atoms with van der Waals surface area (Å²) in [6.07, 6.45) is 3.47. The number of nitrogens with one attached hydrogen (secondary N) is 1. The highest BCUT2D eigenvalue weighted by Crippen LogP contribution is 2.22. The van der Waals surface area contributed by atoms with E-state index in [-0.39, 0.29) is 17.9 Å². The number of sulfonamides is 1. The summed E-state index contributed by atoms with van der Waals surface area (Å²) in [6.45, 7) is 1.55. The van der Waals surface area contributed by atoms with Crippen molar-refractivity contribution in [2.45, 2.75) is 19.0 Å². The fourth-order valence-electron chi connectivity index (χ4n) is 3.40. The van der Waals surface area contributed by atoms with Gasteiger partial charge in [0.25, 0.3) is 0 Å². The average molecular weight is 393 g/mol. The molecule has 2 aliphatic rings. The van der Waals surface area contributed by atoms with E-state index in [1.165, 1.54) is 16.4 Å². The molecule has 0 bridgehead atoms. The van der Waals surface area contributed by atoms with Crippen LogP contribution >= 0.6 is 0 Å². The Kier molecular flexibility index (Phi) is 4.39. The summed E-state index contributed by atoms with van der Waals surface area (Å²) >= 11 is 0. The molecule has 0 unspecified atom stereocenters. The van der Waals surface area contributed by atoms with Gasteiger partial charge in [-0.15, -0.1) is 0 Å². The van der Waals surface area contributed by atoms with E-state index in [1.54, 1.807) is 27.9 Å². The number of carbonyl (C=O) groups excluding carboxylic acids is 1. The maximum atomic E-state index is 13.5. The first-order valence-corrected chi connectivity index (χ1v) is 10.5. The predicted octanol–water partition coefficient (Wildman–Crippen LogP) is 0.723. The molecular formula is C17H20FN5O3S. The smallest absolute Gasteiger partial charge is 0.318 e. The van der Waals surface area contributed by atoms with Crippen molar-refractivity contribution >= 4 is 16.1 Å². The Balaban J connectivity index is 1.40. The first kappa shape index (κ1) is 17.9. The molecule has 1 fully saturated rings. The Hall–Kier alpha value is -2.46. The fraction of sp³-hybridized carbons (Fsp3) is 0.412. The van der Waals surface area contributed by atoms with Gasteiger partial charge in [0.1, 0.15) is 5.82 Å². The van der Waals surface area contributed by atoms with Crippen LogP contribution in [0.2, 0.25) is 0 Å². The lowest BCUT2D eigenvalue weighted by Crippen LogP contribution is -2.62. The van der Waals surface area contributed by atoms with Gasteiger partial charge in [0.15, 0.2) is 0 Å². The second-order valence-corrected chi connectivity index (χ2v) is 8.89. The zero-order valence-corrected chi connectivity index (χ0v) is 15.6. The molecular weight excluding hydrogens is 373 g/mol. The van der Waals surface area contributed by atoms with Gasteiger partial charge < -0.3 is 10.2 Å². The molecule has 3 heterocycles. The van der Waals surface area contributed by atoms with Crippen molar-refractivity contribution in [2.75, 3.05) is 25.9 Å². The molecule has 2 amide bonds. The molecule has 4 rings (SSSR count). The van der Waals surface area contributed by atoms with Gasteiger partial charge in [-0.1, -0.05) is 6.07 Å². The molecule has 1 N–H and O–H groups in total. The topological polar surface area (TPSA) is 87.5 Å². The van der Waals surface area contributed by atoms with Crippen LogP contribution in [0.4, 0.5) is 9.18 Å². The van der Waals surface area contributed by atoms with E-state index in [4.69, 9.17) is 0 Å². The third-order valence-electron chi connectivity index (χ3n) is 4.92. The number of fused-ring (bicyclic) bond motifs is 1. The molecule has 1 aromatic carbocycles. The van der Waals surface area contributed by atoms with Crippen molar-refractivity contribution in [2.24, 2.45) is 0 Å². The third kappa shape index (κ3) is 3.54. The standard InChI is InChI=1S/C17H20FN5O3S/c1-27(25,26)22-10-14(11-22)20-17(24)21-6-5-16-12(9-21)8-19-23(16)15-4-2-3-13(18)7-15/h2-4,7-8,14H,5-6,9-11H2,1H3,(H,20,24). The molecule has 0 saturated carbocycles. The number of urea groups is 1. The van der Waals surface area contributed by atoms with Crippen LogP contribution in [-0.2, 0) is 23.0 Å². The van der Waals surface area contributed by atoms with Gasteiger partial charge in [0.05, 0.1) is 36.4 Å². The Morgan fingerprint density at radius 1 is 1.33 bits per heavy atom. The molecule has 0 radical (unpaired) electrons. The Bertz CT molecular complexity index is 984. The number of nitrogens with zero attached hydrogens (tertiary/aromatic N) is 4. The van der Waals surface area contributed by atoms with Crippen LogP contribution in [0, 0.1) is 5.82 Å². The quantitative estimate of drug-likeness (QED) is 0.833. The maximum absolute atomic E-state index is 13.5. The van der Waals surface area contributed by atoms with E-state index in [2.05, 4.69) is 10.4 Å². The van der Waals surface area contributed by atoms with Crippen LogP contribution in [0.15, 0.2) is 30.5 Å². The lowest BCUT2D eigenvalue weighted by atomic mass is 10.1. The number of halogens is 1. The minimum absolute atomic E-state index is 0.163. The van der Waals surface area contributed by atoms with Gasteiger partial charge in [-0.05, 0) is 18.2 Å². The van der Waals surface area contributed by atoms with Gasteiger partial charge >= 0.3 is 6.03 Å². The monoisotopic (exact) mass is 393 g/mol. The second-order valence-electron chi connectivity index (χ2n) is 6.91. The average Bonchev–Trinajstić information content (AvgIpc) is 2.99. The van der Waals surface area contributed by atoms with E-state index in [9.17, 15) is 17.6 Å². The van der Waals surface area contributed by atoms with E-state index in [0.29, 0.717) is 38.3 Å². The molecule has 0 atom stereocenters. The number of amides is 2. The summed E-state index contributed by atoms with van der Waals surface area (Å²) in [5, 5.41) is 7.22. The fourth-order valence-corrected chi connectivity index (χ4v) is 4.30. The minimum Gasteiger partial charge on any atom is -0.333 e. The largest absolute Gasteiger partial charge is 0.333 e. The lowest BCUT2D eigenvalue weighted by Gasteiger charge is -2.39. The number of aromatic nitrogens is 2. The molecule has 1 aromatic heterocycles. The highest BCUT2D eigenvalue weighted by molar-refractivity contribution is 7.88. The highest BCUT2D eigenvalue weighted by Gasteiger charge is 2.35. The highest BCUT2D eigenvalue weighted by atomic mass is 32.2. The second kappa shape index (κ2) is 6.61. The summed E-state index contributed by atoms with van der Waals surface area (Å²) < 4.78 is 39.3. The SMILES string of the molecule is CS(=O)(=O)N1CC(NC(=O)N2CCc3c(cnn3-c3cccc(F)c3)C2)C1. The normalized spacial score (nSPS) is 18.1. The van der Waals surface area contributed by atoms with Crippen molar-refractivity contribution in [1.29, 1.82) is 0 Å². The van der Waals surface area contributed by atoms with E-state index in [0.717, 1.165) is 17.5 Å². The molecule has 8 nitrogen and oxygen atoms in total. The molecule has 144 valence electrons. The van der Waals surface area contributed by atoms with Crippen molar-refractivity contribution in [3.05, 3.63) is 47.5 Å². The molecule has 27 heavy (non-hydrogen) atoms. The molecule has 0 aliphatic carbocycles. The van der Waals surface area contributed by atoms with Crippen LogP contribution < -0.4 is 5.32 Å². The van der Waals surface area contributed by atoms with Crippen LogP contribution in [0.3, 0.4) is 0 Å². The Morgan fingerprint density at radius 2 is 2.11 bits per heavy atom. The number of benzene rings is 1. The number of carbonyl (C=O) groups is 1. The third-order valence-corrected chi connectivity index (χ3v) is 6.16. The zero-order chi connectivity index (χ0) is 19.2. The van der Waals surface area contributed by atoms with Crippen LogP contribution in [0.25, 0.3) is 5.69 Å². The van der Waals surface area contributed by atoms with Crippen molar-refractivity contribution in [3.8, 4) is 5.69 Å². The van der Waals surface area contributed by atoms with Crippen LogP contribution in [0.1, 0.15) is 11.3 Å². The van der Waals surface area contributed by atoms with Crippen molar-refractivity contribution in [1.82, 2.24) is 24.3 Å². The summed E-state index contributed by atoms with van der Waals surface area (Å²) in [5.74, 6) is -0.322. The van der Waals surface area contributed by atoms with Crippen LogP contribution in [0.5, 0.6) is 0 Å².